The Labute approximate surface area is 439 Å². The number of amides is 3. The monoisotopic (exact) mass is 1040 g/mol. The lowest BCUT2D eigenvalue weighted by Gasteiger charge is -2.27. The van der Waals surface area contributed by atoms with Crippen LogP contribution in [0.25, 0.3) is 0 Å². The van der Waals surface area contributed by atoms with E-state index >= 15 is 0 Å². The van der Waals surface area contributed by atoms with Crippen LogP contribution in [0, 0.1) is 29.6 Å². The van der Waals surface area contributed by atoms with E-state index < -0.39 is 59.5 Å². The van der Waals surface area contributed by atoms with Gasteiger partial charge in [0.15, 0.2) is 17.3 Å². The second kappa shape index (κ2) is 44.7. The molecule has 0 fully saturated rings. The van der Waals surface area contributed by atoms with Gasteiger partial charge in [0.2, 0.25) is 17.7 Å². The van der Waals surface area contributed by atoms with Crippen LogP contribution in [0.4, 0.5) is 0 Å². The van der Waals surface area contributed by atoms with Crippen molar-refractivity contribution in [3.05, 3.63) is 0 Å². The van der Waals surface area contributed by atoms with Crippen molar-refractivity contribution in [3.8, 4) is 0 Å². The van der Waals surface area contributed by atoms with Crippen LogP contribution in [0.3, 0.4) is 0 Å². The molecular weight excluding hydrogens is 931 g/mol. The first-order chi connectivity index (χ1) is 35.1. The molecule has 0 unspecified atom stereocenters. The lowest BCUT2D eigenvalue weighted by Crippen LogP contribution is -2.48. The van der Waals surface area contributed by atoms with E-state index in [1.165, 1.54) is 6.92 Å². The van der Waals surface area contributed by atoms with Gasteiger partial charge < -0.3 is 61.8 Å². The summed E-state index contributed by atoms with van der Waals surface area (Å²) in [5.41, 5.74) is 46.3. The van der Waals surface area contributed by atoms with Gasteiger partial charge in [-0.3, -0.25) is 38.4 Å². The molecule has 0 aromatic heterocycles. The second-order valence-electron chi connectivity index (χ2n) is 20.4. The predicted molar refractivity (Wildman–Crippen MR) is 291 cm³/mol. The molecule has 0 spiro atoms. The number of hydrogen-bond donors (Lipinski definition) is 11. The standard InChI is InChI=1S/C54H105N11O8/c1-39(19-3-11-27-55)48(67)36-42(21-5-13-29-57)52(71)64-46(25-9-17-33-61)50(69)38-44(23-7-15-31-59)54(73)65-47(26-10-18-34-62)51(70)37-43(22-6-14-30-58)53(72)63-45(24-8-16-32-60)49(68)35-41(40(2)66)20-4-12-28-56/h39,41-47H,3-38,55-62H2,1-2H3,(H,63,72)(H,64,71)(H,65,73)/t39-,41+,42+,43+,44+,45-,46-,47-/m1/s1. The number of unbranched alkanes of at least 4 members (excludes halogenated alkanes) is 8. The van der Waals surface area contributed by atoms with Gasteiger partial charge in [0.05, 0.1) is 18.1 Å². The third-order valence-electron chi connectivity index (χ3n) is 14.1. The molecule has 424 valence electrons. The molecule has 0 rings (SSSR count). The van der Waals surface area contributed by atoms with Crippen LogP contribution in [0.1, 0.15) is 194 Å². The Balaban J connectivity index is 6.74. The number of Topliss-reactive ketones (excluding diaryl/α,β-unsaturated/α-hetero) is 5. The molecule has 0 radical (unpaired) electrons. The molecule has 19 N–H and O–H groups in total. The Hall–Kier alpha value is -3.56. The van der Waals surface area contributed by atoms with Crippen molar-refractivity contribution >= 4 is 46.6 Å². The smallest absolute Gasteiger partial charge is 0.224 e. The van der Waals surface area contributed by atoms with E-state index in [2.05, 4.69) is 16.0 Å². The Morgan fingerprint density at radius 3 is 0.781 bits per heavy atom. The summed E-state index contributed by atoms with van der Waals surface area (Å²) in [6, 6.07) is -2.83. The summed E-state index contributed by atoms with van der Waals surface area (Å²) in [7, 11) is 0. The van der Waals surface area contributed by atoms with Gasteiger partial charge in [-0.2, -0.15) is 0 Å². The van der Waals surface area contributed by atoms with Gasteiger partial charge in [-0.15, -0.1) is 0 Å². The largest absolute Gasteiger partial charge is 0.346 e. The van der Waals surface area contributed by atoms with Crippen molar-refractivity contribution in [2.45, 2.75) is 212 Å². The third-order valence-corrected chi connectivity index (χ3v) is 14.1. The highest BCUT2D eigenvalue weighted by Crippen LogP contribution is 2.24. The molecule has 0 aliphatic rings. The molecule has 3 amide bonds. The first kappa shape index (κ1) is 69.4. The molecule has 0 aromatic carbocycles. The van der Waals surface area contributed by atoms with E-state index in [1.54, 1.807) is 0 Å². The zero-order chi connectivity index (χ0) is 54.8. The fourth-order valence-electron chi connectivity index (χ4n) is 9.21. The SMILES string of the molecule is CC(=O)[C@@H](CCCCN)CC(=O)[C@@H](CCCCN)NC(=O)[C@@H](CCCCN)CC(=O)[C@@H](CCCCN)NC(=O)[C@@H](CCCCN)CC(=O)[C@@H](CCCCN)NC(=O)[C@@H](CCCCN)CC(=O)[C@H](C)CCCCN. The molecule has 19 heteroatoms. The first-order valence-corrected chi connectivity index (χ1v) is 28.2. The minimum absolute atomic E-state index is 0.0209. The van der Waals surface area contributed by atoms with E-state index in [1.807, 2.05) is 6.92 Å². The Morgan fingerprint density at radius 2 is 0.521 bits per heavy atom. The Morgan fingerprint density at radius 1 is 0.301 bits per heavy atom. The predicted octanol–water partition coefficient (Wildman–Crippen LogP) is 3.00. The van der Waals surface area contributed by atoms with Crippen molar-refractivity contribution in [3.63, 3.8) is 0 Å². The molecule has 73 heavy (non-hydrogen) atoms. The molecule has 8 atom stereocenters. The first-order valence-electron chi connectivity index (χ1n) is 28.2. The molecule has 0 heterocycles. The summed E-state index contributed by atoms with van der Waals surface area (Å²) in [6.45, 7) is 6.69. The van der Waals surface area contributed by atoms with E-state index in [-0.39, 0.29) is 73.4 Å². The molecule has 0 bridgehead atoms. The molecule has 0 aliphatic carbocycles. The fourth-order valence-corrected chi connectivity index (χ4v) is 9.21. The highest BCUT2D eigenvalue weighted by atomic mass is 16.2. The van der Waals surface area contributed by atoms with Crippen molar-refractivity contribution in [2.75, 3.05) is 52.4 Å². The van der Waals surface area contributed by atoms with Crippen molar-refractivity contribution < 1.29 is 38.4 Å². The van der Waals surface area contributed by atoms with Gasteiger partial charge in [0, 0.05) is 55.3 Å². The molecule has 0 aromatic rings. The highest BCUT2D eigenvalue weighted by molar-refractivity contribution is 5.97. The van der Waals surface area contributed by atoms with Crippen LogP contribution in [0.5, 0.6) is 0 Å². The minimum Gasteiger partial charge on any atom is -0.346 e. The Bertz CT molecular complexity index is 1560. The summed E-state index contributed by atoms with van der Waals surface area (Å²) in [4.78, 5) is 111. The maximum absolute atomic E-state index is 14.5. The van der Waals surface area contributed by atoms with Gasteiger partial charge in [-0.25, -0.2) is 0 Å². The number of carbonyl (C=O) groups excluding carboxylic acids is 8. The summed E-state index contributed by atoms with van der Waals surface area (Å²) in [5, 5.41) is 8.89. The maximum atomic E-state index is 14.5. The van der Waals surface area contributed by atoms with Gasteiger partial charge >= 0.3 is 0 Å². The van der Waals surface area contributed by atoms with Crippen LogP contribution in [-0.4, -0.2) is 117 Å². The number of ketones is 5. The van der Waals surface area contributed by atoms with Crippen LogP contribution in [0.15, 0.2) is 0 Å². The van der Waals surface area contributed by atoms with Crippen LogP contribution < -0.4 is 61.8 Å². The number of carbonyl (C=O) groups is 8. The van der Waals surface area contributed by atoms with Crippen molar-refractivity contribution in [1.82, 2.24) is 16.0 Å². The minimum atomic E-state index is -1.01. The maximum Gasteiger partial charge on any atom is 0.224 e. The molecule has 0 aliphatic heterocycles. The Kier molecular flexibility index (Phi) is 42.5. The molecule has 0 saturated carbocycles. The fraction of sp³-hybridized carbons (Fsp3) is 0.852. The normalized spacial score (nSPS) is 14.8. The third kappa shape index (κ3) is 32.5. The van der Waals surface area contributed by atoms with Crippen LogP contribution in [-0.2, 0) is 38.4 Å². The molecule has 0 saturated heterocycles. The summed E-state index contributed by atoms with van der Waals surface area (Å²) in [5.74, 6) is -5.59. The van der Waals surface area contributed by atoms with Gasteiger partial charge in [0.1, 0.15) is 11.6 Å². The van der Waals surface area contributed by atoms with E-state index in [4.69, 9.17) is 45.9 Å². The van der Waals surface area contributed by atoms with Crippen LogP contribution in [0.2, 0.25) is 0 Å². The number of nitrogens with one attached hydrogen (secondary N) is 3. The van der Waals surface area contributed by atoms with Gasteiger partial charge in [-0.05, 0) is 181 Å². The van der Waals surface area contributed by atoms with E-state index in [9.17, 15) is 38.4 Å². The summed E-state index contributed by atoms with van der Waals surface area (Å²) in [6.07, 6.45) is 12.7. The zero-order valence-electron chi connectivity index (χ0n) is 45.5. The second-order valence-corrected chi connectivity index (χ2v) is 20.4. The molecule has 19 nitrogen and oxygen atoms in total. The van der Waals surface area contributed by atoms with Gasteiger partial charge in [0.25, 0.3) is 0 Å². The zero-order valence-corrected chi connectivity index (χ0v) is 45.5. The highest BCUT2D eigenvalue weighted by Gasteiger charge is 2.34. The van der Waals surface area contributed by atoms with Crippen LogP contribution >= 0.6 is 0 Å². The van der Waals surface area contributed by atoms with Crippen molar-refractivity contribution in [1.29, 1.82) is 0 Å². The quantitative estimate of drug-likeness (QED) is 0.0390. The van der Waals surface area contributed by atoms with E-state index in [0.29, 0.717) is 174 Å². The lowest BCUT2D eigenvalue weighted by atomic mass is 9.87. The van der Waals surface area contributed by atoms with Crippen molar-refractivity contribution in [2.24, 2.45) is 75.5 Å². The van der Waals surface area contributed by atoms with E-state index in [0.717, 1.165) is 19.3 Å². The summed E-state index contributed by atoms with van der Waals surface area (Å²) >= 11 is 0. The number of rotatable bonds is 51. The lowest BCUT2D eigenvalue weighted by molar-refractivity contribution is -0.136. The summed E-state index contributed by atoms with van der Waals surface area (Å²) < 4.78 is 0. The molecular formula is C54H105N11O8. The van der Waals surface area contributed by atoms with Gasteiger partial charge in [-0.1, -0.05) is 39.0 Å². The number of hydrogen-bond acceptors (Lipinski definition) is 16. The number of nitrogens with two attached hydrogens (primary N) is 8. The topological polar surface area (TPSA) is 381 Å². The average molecular weight is 1040 g/mol. The average Bonchev–Trinajstić information content (AvgIpc) is 3.36.